The predicted molar refractivity (Wildman–Crippen MR) is 86.4 cm³/mol. The third-order valence-corrected chi connectivity index (χ3v) is 6.12. The molecule has 1 aliphatic heterocycles. The van der Waals surface area contributed by atoms with Gasteiger partial charge in [-0.25, -0.2) is 12.7 Å². The molecule has 7 heteroatoms. The maximum Gasteiger partial charge on any atom is 0.252 e. The Labute approximate surface area is 132 Å². The number of carbonyl (C=O) groups is 1. The van der Waals surface area contributed by atoms with Gasteiger partial charge in [-0.1, -0.05) is 13.3 Å². The van der Waals surface area contributed by atoms with Crippen LogP contribution in [0.2, 0.25) is 0 Å². The average Bonchev–Trinajstić information content (AvgIpc) is 3.02. The van der Waals surface area contributed by atoms with Crippen molar-refractivity contribution in [2.24, 2.45) is 0 Å². The molecule has 22 heavy (non-hydrogen) atoms. The third kappa shape index (κ3) is 3.70. The number of rotatable bonds is 6. The van der Waals surface area contributed by atoms with E-state index in [1.165, 1.54) is 0 Å². The van der Waals surface area contributed by atoms with E-state index in [0.717, 1.165) is 25.0 Å². The number of hydrogen-bond donors (Lipinski definition) is 2. The highest BCUT2D eigenvalue weighted by Crippen LogP contribution is 2.29. The number of amides is 1. The Hall–Kier alpha value is -1.34. The van der Waals surface area contributed by atoms with Crippen LogP contribution in [0.3, 0.4) is 0 Å². The largest absolute Gasteiger partial charge is 0.364 e. The van der Waals surface area contributed by atoms with Gasteiger partial charge in [-0.3, -0.25) is 4.79 Å². The van der Waals surface area contributed by atoms with Gasteiger partial charge in [0.1, 0.15) is 0 Å². The molecule has 0 spiro atoms. The van der Waals surface area contributed by atoms with Crippen LogP contribution in [0.5, 0.6) is 0 Å². The Kier molecular flexibility index (Phi) is 5.63. The number of H-pyrrole nitrogens is 1. The van der Waals surface area contributed by atoms with Gasteiger partial charge < -0.3 is 10.3 Å². The first-order chi connectivity index (χ1) is 10.5. The van der Waals surface area contributed by atoms with Crippen LogP contribution in [0, 0.1) is 0 Å². The van der Waals surface area contributed by atoms with Crippen molar-refractivity contribution in [1.29, 1.82) is 0 Å². The number of carbonyl (C=O) groups excluding carboxylic acids is 1. The lowest BCUT2D eigenvalue weighted by atomic mass is 9.93. The molecule has 2 N–H and O–H groups in total. The lowest BCUT2D eigenvalue weighted by molar-refractivity contribution is 0.0961. The van der Waals surface area contributed by atoms with E-state index in [4.69, 9.17) is 0 Å². The van der Waals surface area contributed by atoms with E-state index in [9.17, 15) is 13.2 Å². The maximum absolute atomic E-state index is 12.4. The molecule has 2 rings (SSSR count). The SMILES string of the molecule is CCCCS(=O)(=O)N1CCCC(c2[nH]ccc2C(=O)NC)C1. The standard InChI is InChI=1S/C15H25N3O3S/c1-3-4-10-22(20,21)18-9-5-6-12(11-18)14-13(7-8-17-14)15(19)16-2/h7-8,12,17H,3-6,9-11H2,1-2H3,(H,16,19). The first kappa shape index (κ1) is 17.0. The highest BCUT2D eigenvalue weighted by Gasteiger charge is 2.31. The fourth-order valence-electron chi connectivity index (χ4n) is 2.94. The molecular formula is C15H25N3O3S. The molecular weight excluding hydrogens is 302 g/mol. The second-order valence-electron chi connectivity index (χ2n) is 5.75. The van der Waals surface area contributed by atoms with Crippen molar-refractivity contribution in [3.05, 3.63) is 23.5 Å². The van der Waals surface area contributed by atoms with E-state index in [-0.39, 0.29) is 17.6 Å². The van der Waals surface area contributed by atoms with Crippen LogP contribution in [-0.2, 0) is 10.0 Å². The molecule has 1 atom stereocenters. The fraction of sp³-hybridized carbons (Fsp3) is 0.667. The Morgan fingerprint density at radius 2 is 2.27 bits per heavy atom. The molecule has 1 aromatic heterocycles. The van der Waals surface area contributed by atoms with Crippen molar-refractivity contribution in [2.45, 2.75) is 38.5 Å². The van der Waals surface area contributed by atoms with Crippen molar-refractivity contribution >= 4 is 15.9 Å². The van der Waals surface area contributed by atoms with Crippen LogP contribution in [0.4, 0.5) is 0 Å². The van der Waals surface area contributed by atoms with Gasteiger partial charge in [-0.05, 0) is 25.3 Å². The van der Waals surface area contributed by atoms with Crippen molar-refractivity contribution in [3.63, 3.8) is 0 Å². The summed E-state index contributed by atoms with van der Waals surface area (Å²) in [6.45, 7) is 3.03. The highest BCUT2D eigenvalue weighted by molar-refractivity contribution is 7.89. The molecule has 1 amide bonds. The van der Waals surface area contributed by atoms with E-state index in [2.05, 4.69) is 10.3 Å². The lowest BCUT2D eigenvalue weighted by Crippen LogP contribution is -2.40. The number of piperidine rings is 1. The van der Waals surface area contributed by atoms with Crippen LogP contribution < -0.4 is 5.32 Å². The molecule has 1 aliphatic rings. The number of unbranched alkanes of at least 4 members (excludes halogenated alkanes) is 1. The van der Waals surface area contributed by atoms with Crippen LogP contribution in [0.25, 0.3) is 0 Å². The van der Waals surface area contributed by atoms with E-state index < -0.39 is 10.0 Å². The van der Waals surface area contributed by atoms with Gasteiger partial charge in [0.25, 0.3) is 5.91 Å². The zero-order chi connectivity index (χ0) is 16.2. The maximum atomic E-state index is 12.4. The summed E-state index contributed by atoms with van der Waals surface area (Å²) in [7, 11) is -1.59. The van der Waals surface area contributed by atoms with Crippen molar-refractivity contribution in [1.82, 2.24) is 14.6 Å². The van der Waals surface area contributed by atoms with Gasteiger partial charge in [0.05, 0.1) is 11.3 Å². The van der Waals surface area contributed by atoms with E-state index in [0.29, 0.717) is 25.1 Å². The summed E-state index contributed by atoms with van der Waals surface area (Å²) in [5.41, 5.74) is 1.45. The minimum Gasteiger partial charge on any atom is -0.364 e. The van der Waals surface area contributed by atoms with Gasteiger partial charge in [-0.15, -0.1) is 0 Å². The summed E-state index contributed by atoms with van der Waals surface area (Å²) in [5, 5.41) is 2.63. The van der Waals surface area contributed by atoms with Gasteiger partial charge >= 0.3 is 0 Å². The third-order valence-electron chi connectivity index (χ3n) is 4.19. The molecule has 1 fully saturated rings. The van der Waals surface area contributed by atoms with E-state index >= 15 is 0 Å². The van der Waals surface area contributed by atoms with Gasteiger partial charge in [0, 0.05) is 37.9 Å². The zero-order valence-electron chi connectivity index (χ0n) is 13.3. The molecule has 0 radical (unpaired) electrons. The summed E-state index contributed by atoms with van der Waals surface area (Å²) in [5.74, 6) is 0.123. The predicted octanol–water partition coefficient (Wildman–Crippen LogP) is 1.68. The first-order valence-electron chi connectivity index (χ1n) is 7.86. The Morgan fingerprint density at radius 1 is 1.50 bits per heavy atom. The second-order valence-corrected chi connectivity index (χ2v) is 7.84. The number of aromatic nitrogens is 1. The van der Waals surface area contributed by atoms with E-state index in [1.807, 2.05) is 6.92 Å². The summed E-state index contributed by atoms with van der Waals surface area (Å²) in [6, 6.07) is 1.75. The normalized spacial score (nSPS) is 20.0. The molecule has 0 aliphatic carbocycles. The smallest absolute Gasteiger partial charge is 0.252 e. The van der Waals surface area contributed by atoms with Gasteiger partial charge in [0.15, 0.2) is 0 Å². The highest BCUT2D eigenvalue weighted by atomic mass is 32.2. The minimum absolute atomic E-state index is 0.0486. The molecule has 124 valence electrons. The zero-order valence-corrected chi connectivity index (χ0v) is 14.1. The Morgan fingerprint density at radius 3 is 2.95 bits per heavy atom. The molecule has 0 bridgehead atoms. The number of sulfonamides is 1. The molecule has 1 aromatic rings. The van der Waals surface area contributed by atoms with Crippen LogP contribution in [-0.4, -0.2) is 49.5 Å². The topological polar surface area (TPSA) is 82.3 Å². The van der Waals surface area contributed by atoms with Gasteiger partial charge in [0.2, 0.25) is 10.0 Å². The van der Waals surface area contributed by atoms with Crippen molar-refractivity contribution in [3.8, 4) is 0 Å². The molecule has 2 heterocycles. The summed E-state index contributed by atoms with van der Waals surface area (Å²) in [6.07, 6.45) is 5.01. The van der Waals surface area contributed by atoms with E-state index in [1.54, 1.807) is 23.6 Å². The van der Waals surface area contributed by atoms with Crippen LogP contribution in [0.15, 0.2) is 12.3 Å². The van der Waals surface area contributed by atoms with Gasteiger partial charge in [-0.2, -0.15) is 0 Å². The number of hydrogen-bond acceptors (Lipinski definition) is 3. The fourth-order valence-corrected chi connectivity index (χ4v) is 4.67. The number of nitrogens with one attached hydrogen (secondary N) is 2. The summed E-state index contributed by atoms with van der Waals surface area (Å²) in [4.78, 5) is 15.0. The molecule has 0 aromatic carbocycles. The monoisotopic (exact) mass is 327 g/mol. The molecule has 0 saturated carbocycles. The van der Waals surface area contributed by atoms with Crippen molar-refractivity contribution in [2.75, 3.05) is 25.9 Å². The lowest BCUT2D eigenvalue weighted by Gasteiger charge is -2.32. The molecule has 6 nitrogen and oxygen atoms in total. The second kappa shape index (κ2) is 7.28. The van der Waals surface area contributed by atoms with Crippen LogP contribution >= 0.6 is 0 Å². The Bertz CT molecular complexity index is 609. The first-order valence-corrected chi connectivity index (χ1v) is 9.47. The van der Waals surface area contributed by atoms with Crippen molar-refractivity contribution < 1.29 is 13.2 Å². The summed E-state index contributed by atoms with van der Waals surface area (Å²) < 4.78 is 26.3. The number of aromatic amines is 1. The average molecular weight is 327 g/mol. The summed E-state index contributed by atoms with van der Waals surface area (Å²) >= 11 is 0. The molecule has 1 saturated heterocycles. The quantitative estimate of drug-likeness (QED) is 0.834. The number of nitrogens with zero attached hydrogens (tertiary/aromatic N) is 1. The molecule has 1 unspecified atom stereocenters. The van der Waals surface area contributed by atoms with Crippen LogP contribution in [0.1, 0.15) is 54.6 Å². The Balaban J connectivity index is 2.14. The minimum atomic E-state index is -3.19.